The van der Waals surface area contributed by atoms with Crippen LogP contribution >= 0.6 is 0 Å². The molecule has 1 atom stereocenters. The van der Waals surface area contributed by atoms with Crippen molar-refractivity contribution in [1.82, 2.24) is 9.47 Å². The quantitative estimate of drug-likeness (QED) is 0.632. The third kappa shape index (κ3) is 3.23. The standard InChI is InChI=1S/C21H21F3N2/c1-25(13-15-5-3-2-4-6-15)19-10-9-18-11-16-7-8-17(21(22,23)24)12-20(16)26(18)14-19/h2-8,11-12,19H,9-10,13-14H2,1H3. The minimum absolute atomic E-state index is 0.313. The molecule has 0 radical (unpaired) electrons. The van der Waals surface area contributed by atoms with Gasteiger partial charge in [0.2, 0.25) is 0 Å². The number of aryl methyl sites for hydroxylation is 1. The van der Waals surface area contributed by atoms with Gasteiger partial charge in [0.1, 0.15) is 0 Å². The number of benzene rings is 2. The molecule has 0 N–H and O–H groups in total. The monoisotopic (exact) mass is 358 g/mol. The van der Waals surface area contributed by atoms with Gasteiger partial charge in [0.15, 0.2) is 0 Å². The molecule has 0 saturated carbocycles. The summed E-state index contributed by atoms with van der Waals surface area (Å²) in [5.74, 6) is 0. The van der Waals surface area contributed by atoms with Gasteiger partial charge in [-0.2, -0.15) is 13.2 Å². The first-order valence-corrected chi connectivity index (χ1v) is 8.85. The topological polar surface area (TPSA) is 8.17 Å². The maximum absolute atomic E-state index is 13.1. The molecule has 1 unspecified atom stereocenters. The van der Waals surface area contributed by atoms with Gasteiger partial charge in [-0.1, -0.05) is 36.4 Å². The van der Waals surface area contributed by atoms with E-state index >= 15 is 0 Å². The molecule has 0 spiro atoms. The van der Waals surface area contributed by atoms with Crippen LogP contribution in [0.25, 0.3) is 10.9 Å². The number of aromatic nitrogens is 1. The number of halogens is 3. The lowest BCUT2D eigenvalue weighted by Gasteiger charge is -2.33. The molecule has 1 aromatic heterocycles. The lowest BCUT2D eigenvalue weighted by molar-refractivity contribution is -0.137. The van der Waals surface area contributed by atoms with E-state index in [1.165, 1.54) is 17.7 Å². The van der Waals surface area contributed by atoms with E-state index in [0.29, 0.717) is 11.6 Å². The van der Waals surface area contributed by atoms with Crippen LogP contribution in [-0.4, -0.2) is 22.6 Å². The van der Waals surface area contributed by atoms with E-state index in [1.807, 2.05) is 24.3 Å². The lowest BCUT2D eigenvalue weighted by atomic mass is 10.0. The molecule has 26 heavy (non-hydrogen) atoms. The zero-order valence-electron chi connectivity index (χ0n) is 14.6. The van der Waals surface area contributed by atoms with Gasteiger partial charge in [-0.15, -0.1) is 0 Å². The number of fused-ring (bicyclic) bond motifs is 3. The number of rotatable bonds is 3. The molecule has 3 aromatic rings. The summed E-state index contributed by atoms with van der Waals surface area (Å²) in [5.41, 5.74) is 2.49. The second-order valence-corrected chi connectivity index (χ2v) is 7.11. The number of likely N-dealkylation sites (N-methyl/N-ethyl adjacent to an activating group) is 1. The molecule has 2 aromatic carbocycles. The molecule has 1 aliphatic heterocycles. The lowest BCUT2D eigenvalue weighted by Crippen LogP contribution is -2.38. The van der Waals surface area contributed by atoms with Crippen LogP contribution in [-0.2, 0) is 25.7 Å². The summed E-state index contributed by atoms with van der Waals surface area (Å²) in [5, 5.41) is 0.888. The summed E-state index contributed by atoms with van der Waals surface area (Å²) in [7, 11) is 2.09. The molecule has 1 aliphatic rings. The molecular formula is C21H21F3N2. The van der Waals surface area contributed by atoms with Gasteiger partial charge in [0.05, 0.1) is 5.56 Å². The van der Waals surface area contributed by atoms with Crippen molar-refractivity contribution >= 4 is 10.9 Å². The van der Waals surface area contributed by atoms with E-state index in [4.69, 9.17) is 0 Å². The Kier molecular flexibility index (Phi) is 4.27. The first kappa shape index (κ1) is 17.2. The Morgan fingerprint density at radius 2 is 1.85 bits per heavy atom. The van der Waals surface area contributed by atoms with Crippen molar-refractivity contribution < 1.29 is 13.2 Å². The van der Waals surface area contributed by atoms with Crippen molar-refractivity contribution in [2.75, 3.05) is 7.05 Å². The Balaban J connectivity index is 1.61. The number of hydrogen-bond donors (Lipinski definition) is 0. The van der Waals surface area contributed by atoms with Crippen LogP contribution in [0.2, 0.25) is 0 Å². The first-order valence-electron chi connectivity index (χ1n) is 8.85. The zero-order chi connectivity index (χ0) is 18.3. The second kappa shape index (κ2) is 6.47. The van der Waals surface area contributed by atoms with Gasteiger partial charge in [-0.25, -0.2) is 0 Å². The molecule has 4 rings (SSSR count). The molecule has 0 fully saturated rings. The third-order valence-corrected chi connectivity index (χ3v) is 5.34. The van der Waals surface area contributed by atoms with E-state index in [9.17, 15) is 13.2 Å². The molecular weight excluding hydrogens is 337 g/mol. The fourth-order valence-corrected chi connectivity index (χ4v) is 3.89. The van der Waals surface area contributed by atoms with Crippen LogP contribution in [0.3, 0.4) is 0 Å². The number of nitrogens with zero attached hydrogens (tertiary/aromatic N) is 2. The molecule has 0 saturated heterocycles. The largest absolute Gasteiger partial charge is 0.416 e. The normalized spacial score (nSPS) is 17.7. The van der Waals surface area contributed by atoms with Gasteiger partial charge in [0, 0.05) is 30.3 Å². The van der Waals surface area contributed by atoms with E-state index in [-0.39, 0.29) is 0 Å². The van der Waals surface area contributed by atoms with Crippen LogP contribution in [0.5, 0.6) is 0 Å². The third-order valence-electron chi connectivity index (χ3n) is 5.34. The van der Waals surface area contributed by atoms with E-state index in [0.717, 1.165) is 37.0 Å². The van der Waals surface area contributed by atoms with Crippen molar-refractivity contribution in [3.05, 3.63) is 71.4 Å². The Bertz CT molecular complexity index is 912. The second-order valence-electron chi connectivity index (χ2n) is 7.11. The highest BCUT2D eigenvalue weighted by Gasteiger charge is 2.31. The van der Waals surface area contributed by atoms with Gasteiger partial charge < -0.3 is 4.57 Å². The van der Waals surface area contributed by atoms with Crippen molar-refractivity contribution in [2.45, 2.75) is 38.1 Å². The van der Waals surface area contributed by atoms with Gasteiger partial charge in [0.25, 0.3) is 0 Å². The molecule has 0 aliphatic carbocycles. The number of alkyl halides is 3. The molecule has 0 amide bonds. The zero-order valence-corrected chi connectivity index (χ0v) is 14.6. The average molecular weight is 358 g/mol. The predicted octanol–water partition coefficient (Wildman–Crippen LogP) is 5.11. The van der Waals surface area contributed by atoms with Crippen LogP contribution in [0.4, 0.5) is 13.2 Å². The van der Waals surface area contributed by atoms with Crippen LogP contribution in [0.15, 0.2) is 54.6 Å². The Morgan fingerprint density at radius 3 is 2.58 bits per heavy atom. The molecule has 5 heteroatoms. The van der Waals surface area contributed by atoms with Gasteiger partial charge >= 0.3 is 6.18 Å². The number of hydrogen-bond acceptors (Lipinski definition) is 1. The van der Waals surface area contributed by atoms with Gasteiger partial charge in [-0.05, 0) is 49.0 Å². The molecule has 0 bridgehead atoms. The van der Waals surface area contributed by atoms with Crippen LogP contribution < -0.4 is 0 Å². The van der Waals surface area contributed by atoms with Crippen molar-refractivity contribution in [1.29, 1.82) is 0 Å². The van der Waals surface area contributed by atoms with E-state index in [1.54, 1.807) is 6.07 Å². The van der Waals surface area contributed by atoms with Crippen molar-refractivity contribution in [3.8, 4) is 0 Å². The van der Waals surface area contributed by atoms with Crippen LogP contribution in [0.1, 0.15) is 23.2 Å². The molecule has 2 nitrogen and oxygen atoms in total. The van der Waals surface area contributed by atoms with Crippen molar-refractivity contribution in [2.24, 2.45) is 0 Å². The highest BCUT2D eigenvalue weighted by atomic mass is 19.4. The van der Waals surface area contributed by atoms with Crippen molar-refractivity contribution in [3.63, 3.8) is 0 Å². The highest BCUT2D eigenvalue weighted by molar-refractivity contribution is 5.82. The summed E-state index contributed by atoms with van der Waals surface area (Å²) < 4.78 is 41.3. The first-order chi connectivity index (χ1) is 12.4. The minimum atomic E-state index is -4.31. The Hall–Kier alpha value is -2.27. The summed E-state index contributed by atoms with van der Waals surface area (Å²) in [6.07, 6.45) is -2.40. The fraction of sp³-hybridized carbons (Fsp3) is 0.333. The molecule has 136 valence electrons. The smallest absolute Gasteiger partial charge is 0.343 e. The summed E-state index contributed by atoms with van der Waals surface area (Å²) in [6.45, 7) is 1.57. The van der Waals surface area contributed by atoms with E-state index in [2.05, 4.69) is 28.6 Å². The predicted molar refractivity (Wildman–Crippen MR) is 97.0 cm³/mol. The van der Waals surface area contributed by atoms with Gasteiger partial charge in [-0.3, -0.25) is 4.90 Å². The average Bonchev–Trinajstić information content (AvgIpc) is 2.99. The van der Waals surface area contributed by atoms with Crippen LogP contribution in [0, 0.1) is 0 Å². The summed E-state index contributed by atoms with van der Waals surface area (Å²) in [4.78, 5) is 2.30. The SMILES string of the molecule is CN(Cc1ccccc1)C1CCc2cc3ccc(C(F)(F)F)cc3n2C1. The fourth-order valence-electron chi connectivity index (χ4n) is 3.89. The Morgan fingerprint density at radius 1 is 1.08 bits per heavy atom. The maximum atomic E-state index is 13.1. The summed E-state index contributed by atoms with van der Waals surface area (Å²) >= 11 is 0. The molecule has 2 heterocycles. The Labute approximate surface area is 150 Å². The maximum Gasteiger partial charge on any atom is 0.416 e. The highest BCUT2D eigenvalue weighted by Crippen LogP contribution is 2.34. The minimum Gasteiger partial charge on any atom is -0.343 e. The summed E-state index contributed by atoms with van der Waals surface area (Å²) in [6, 6.07) is 16.7. The van der Waals surface area contributed by atoms with E-state index < -0.39 is 11.7 Å².